The molecule has 0 aromatic carbocycles. The molecule has 0 unspecified atom stereocenters. The van der Waals surface area contributed by atoms with E-state index in [0.717, 1.165) is 12.0 Å². The second-order valence-corrected chi connectivity index (χ2v) is 4.87. The largest absolute Gasteiger partial charge is 0.312 e. The summed E-state index contributed by atoms with van der Waals surface area (Å²) in [5.41, 5.74) is 0. The summed E-state index contributed by atoms with van der Waals surface area (Å²) in [4.78, 5) is 0. The highest BCUT2D eigenvalue weighted by Crippen LogP contribution is 2.25. The van der Waals surface area contributed by atoms with Crippen molar-refractivity contribution in [2.24, 2.45) is 5.92 Å². The molecule has 2 aliphatic rings. The Labute approximate surface area is 73.3 Å². The van der Waals surface area contributed by atoms with Gasteiger partial charge in [0.1, 0.15) is 0 Å². The lowest BCUT2D eigenvalue weighted by Crippen LogP contribution is -2.42. The van der Waals surface area contributed by atoms with Crippen LogP contribution >= 0.6 is 11.8 Å². The molecule has 11 heavy (non-hydrogen) atoms. The van der Waals surface area contributed by atoms with Crippen molar-refractivity contribution in [2.75, 3.05) is 18.1 Å². The van der Waals surface area contributed by atoms with Gasteiger partial charge in [-0.15, -0.1) is 0 Å². The second kappa shape index (κ2) is 3.81. The summed E-state index contributed by atoms with van der Waals surface area (Å²) in [6.45, 7) is 1.30. The molecule has 2 rings (SSSR count). The minimum atomic E-state index is 0.862. The molecule has 1 aliphatic heterocycles. The van der Waals surface area contributed by atoms with Crippen LogP contribution in [0.4, 0.5) is 0 Å². The van der Waals surface area contributed by atoms with Gasteiger partial charge in [-0.3, -0.25) is 0 Å². The monoisotopic (exact) mass is 171 g/mol. The van der Waals surface area contributed by atoms with Crippen LogP contribution in [0, 0.1) is 5.92 Å². The van der Waals surface area contributed by atoms with Gasteiger partial charge in [0.05, 0.1) is 0 Å². The summed E-state index contributed by atoms with van der Waals surface area (Å²) >= 11 is 2.07. The van der Waals surface area contributed by atoms with Crippen LogP contribution in [0.1, 0.15) is 25.7 Å². The van der Waals surface area contributed by atoms with E-state index in [2.05, 4.69) is 17.1 Å². The molecule has 2 heteroatoms. The van der Waals surface area contributed by atoms with Crippen molar-refractivity contribution in [3.8, 4) is 0 Å². The third-order valence-electron chi connectivity index (χ3n) is 2.81. The smallest absolute Gasteiger partial charge is 0.0248 e. The van der Waals surface area contributed by atoms with E-state index in [1.807, 2.05) is 0 Å². The van der Waals surface area contributed by atoms with Crippen molar-refractivity contribution in [1.29, 1.82) is 0 Å². The molecule has 64 valence electrons. The Balaban J connectivity index is 1.57. The van der Waals surface area contributed by atoms with Gasteiger partial charge in [0, 0.05) is 17.5 Å². The zero-order valence-electron chi connectivity index (χ0n) is 7.01. The molecular formula is C9H17NS. The minimum absolute atomic E-state index is 0.862. The fraction of sp³-hybridized carbons (Fsp3) is 1.00. The maximum atomic E-state index is 3.64. The highest BCUT2D eigenvalue weighted by molar-refractivity contribution is 8.00. The lowest BCUT2D eigenvalue weighted by molar-refractivity contribution is 0.457. The predicted molar refractivity (Wildman–Crippen MR) is 51.1 cm³/mol. The molecule has 0 amide bonds. The highest BCUT2D eigenvalue weighted by Gasteiger charge is 2.20. The number of hydrogen-bond acceptors (Lipinski definition) is 2. The molecular weight excluding hydrogens is 154 g/mol. The van der Waals surface area contributed by atoms with E-state index in [4.69, 9.17) is 0 Å². The molecule has 0 aromatic rings. The van der Waals surface area contributed by atoms with Gasteiger partial charge in [-0.2, -0.15) is 11.8 Å². The van der Waals surface area contributed by atoms with Crippen LogP contribution in [0.15, 0.2) is 0 Å². The van der Waals surface area contributed by atoms with Crippen LogP contribution in [0.2, 0.25) is 0 Å². The van der Waals surface area contributed by atoms with Gasteiger partial charge in [0.15, 0.2) is 0 Å². The first kappa shape index (κ1) is 7.93. The van der Waals surface area contributed by atoms with Crippen molar-refractivity contribution < 1.29 is 0 Å². The summed E-state index contributed by atoms with van der Waals surface area (Å²) < 4.78 is 0. The van der Waals surface area contributed by atoms with Crippen LogP contribution in [0.25, 0.3) is 0 Å². The normalized spacial score (nSPS) is 27.3. The summed E-state index contributed by atoms with van der Waals surface area (Å²) in [5.74, 6) is 3.72. The molecule has 1 saturated heterocycles. The van der Waals surface area contributed by atoms with Gasteiger partial charge in [0.25, 0.3) is 0 Å². The van der Waals surface area contributed by atoms with Crippen molar-refractivity contribution in [2.45, 2.75) is 31.7 Å². The summed E-state index contributed by atoms with van der Waals surface area (Å²) in [6, 6.07) is 0.862. The fourth-order valence-electron chi connectivity index (χ4n) is 1.90. The average Bonchev–Trinajstić information content (AvgIpc) is 2.36. The molecule has 0 bridgehead atoms. The first-order chi connectivity index (χ1) is 5.45. The first-order valence-corrected chi connectivity index (χ1v) is 5.92. The lowest BCUT2D eigenvalue weighted by atomic mass is 10.1. The van der Waals surface area contributed by atoms with E-state index < -0.39 is 0 Å². The predicted octanol–water partition coefficient (Wildman–Crippen LogP) is 1.88. The number of nitrogens with one attached hydrogen (secondary N) is 1. The van der Waals surface area contributed by atoms with Crippen molar-refractivity contribution in [1.82, 2.24) is 5.32 Å². The van der Waals surface area contributed by atoms with Crippen LogP contribution in [-0.2, 0) is 0 Å². The van der Waals surface area contributed by atoms with Gasteiger partial charge >= 0.3 is 0 Å². The standard InChI is InChI=1S/C9H17NS/c1-2-4-8(3-1)5-10-9-6-11-7-9/h8-10H,1-7H2. The van der Waals surface area contributed by atoms with Gasteiger partial charge in [-0.25, -0.2) is 0 Å². The van der Waals surface area contributed by atoms with Crippen molar-refractivity contribution in [3.05, 3.63) is 0 Å². The number of thioether (sulfide) groups is 1. The van der Waals surface area contributed by atoms with E-state index in [-0.39, 0.29) is 0 Å². The third-order valence-corrected chi connectivity index (χ3v) is 4.08. The molecule has 0 atom stereocenters. The van der Waals surface area contributed by atoms with Gasteiger partial charge in [-0.05, 0) is 25.3 Å². The molecule has 0 radical (unpaired) electrons. The Morgan fingerprint density at radius 2 is 1.91 bits per heavy atom. The van der Waals surface area contributed by atoms with E-state index in [1.165, 1.54) is 43.7 Å². The fourth-order valence-corrected chi connectivity index (χ4v) is 2.61. The Kier molecular flexibility index (Phi) is 2.75. The Morgan fingerprint density at radius 3 is 2.45 bits per heavy atom. The molecule has 0 spiro atoms. The molecule has 0 aromatic heterocycles. The molecule has 1 aliphatic carbocycles. The molecule has 1 heterocycles. The lowest BCUT2D eigenvalue weighted by Gasteiger charge is -2.27. The molecule has 2 fully saturated rings. The third kappa shape index (κ3) is 2.12. The van der Waals surface area contributed by atoms with Crippen molar-refractivity contribution >= 4 is 11.8 Å². The topological polar surface area (TPSA) is 12.0 Å². The van der Waals surface area contributed by atoms with Crippen LogP contribution in [-0.4, -0.2) is 24.1 Å². The number of rotatable bonds is 3. The van der Waals surface area contributed by atoms with E-state index >= 15 is 0 Å². The zero-order valence-corrected chi connectivity index (χ0v) is 7.83. The molecule has 1 N–H and O–H groups in total. The zero-order chi connectivity index (χ0) is 7.52. The summed E-state index contributed by atoms with van der Waals surface area (Å²) in [6.07, 6.45) is 5.91. The maximum Gasteiger partial charge on any atom is 0.0248 e. The SMILES string of the molecule is C1CCC(CNC2CSC2)C1. The van der Waals surface area contributed by atoms with E-state index in [1.54, 1.807) is 0 Å². The van der Waals surface area contributed by atoms with Crippen LogP contribution in [0.3, 0.4) is 0 Å². The second-order valence-electron chi connectivity index (χ2n) is 3.79. The molecule has 1 nitrogen and oxygen atoms in total. The van der Waals surface area contributed by atoms with Gasteiger partial charge in [-0.1, -0.05) is 12.8 Å². The Morgan fingerprint density at radius 1 is 1.18 bits per heavy atom. The van der Waals surface area contributed by atoms with Crippen LogP contribution in [0.5, 0.6) is 0 Å². The van der Waals surface area contributed by atoms with E-state index in [0.29, 0.717) is 0 Å². The summed E-state index contributed by atoms with van der Waals surface area (Å²) in [5, 5.41) is 3.64. The molecule has 1 saturated carbocycles. The minimum Gasteiger partial charge on any atom is -0.312 e. The maximum absolute atomic E-state index is 3.64. The van der Waals surface area contributed by atoms with Gasteiger partial charge < -0.3 is 5.32 Å². The van der Waals surface area contributed by atoms with Crippen molar-refractivity contribution in [3.63, 3.8) is 0 Å². The van der Waals surface area contributed by atoms with Crippen LogP contribution < -0.4 is 5.32 Å². The quantitative estimate of drug-likeness (QED) is 0.696. The highest BCUT2D eigenvalue weighted by atomic mass is 32.2. The first-order valence-electron chi connectivity index (χ1n) is 4.76. The Hall–Kier alpha value is 0.310. The number of hydrogen-bond donors (Lipinski definition) is 1. The van der Waals surface area contributed by atoms with E-state index in [9.17, 15) is 0 Å². The van der Waals surface area contributed by atoms with Gasteiger partial charge in [0.2, 0.25) is 0 Å². The summed E-state index contributed by atoms with van der Waals surface area (Å²) in [7, 11) is 0. The average molecular weight is 171 g/mol. The Bertz CT molecular complexity index is 117.